The number of hydrogen-bond donors (Lipinski definition) is 1. The average Bonchev–Trinajstić information content (AvgIpc) is 2.75. The van der Waals surface area contributed by atoms with Gasteiger partial charge in [0.25, 0.3) is 5.91 Å². The Labute approximate surface area is 124 Å². The van der Waals surface area contributed by atoms with E-state index in [9.17, 15) is 4.79 Å². The molecule has 0 bridgehead atoms. The van der Waals surface area contributed by atoms with Crippen LogP contribution in [0, 0.1) is 0 Å². The van der Waals surface area contributed by atoms with E-state index in [1.165, 1.54) is 12.8 Å². The first-order valence-electron chi connectivity index (χ1n) is 6.99. The maximum absolute atomic E-state index is 12.5. The number of rotatable bonds is 3. The molecule has 20 heavy (non-hydrogen) atoms. The van der Waals surface area contributed by atoms with Crippen LogP contribution in [0.2, 0.25) is 0 Å². The molecule has 2 rings (SSSR count). The number of benzene rings is 1. The van der Waals surface area contributed by atoms with Crippen LogP contribution in [0.3, 0.4) is 0 Å². The molecular weight excluding hydrogens is 274 g/mol. The second kappa shape index (κ2) is 7.29. The van der Waals surface area contributed by atoms with E-state index in [-0.39, 0.29) is 11.8 Å². The minimum Gasteiger partial charge on any atom is -0.386 e. The lowest BCUT2D eigenvalue weighted by Crippen LogP contribution is -2.31. The molecule has 4 nitrogen and oxygen atoms in total. The third kappa shape index (κ3) is 3.97. The Morgan fingerprint density at radius 3 is 2.60 bits per heavy atom. The maximum Gasteiger partial charge on any atom is 0.253 e. The fraction of sp³-hybridized carbons (Fsp3) is 0.467. The van der Waals surface area contributed by atoms with Gasteiger partial charge in [0.15, 0.2) is 0 Å². The SMILES string of the molecule is NC(CCl)=Nc1cccc(C(=O)N2CCCCCC2)c1. The zero-order valence-electron chi connectivity index (χ0n) is 11.5. The fourth-order valence-electron chi connectivity index (χ4n) is 2.36. The number of amides is 1. The standard InChI is InChI=1S/C15H20ClN3O/c16-11-14(17)18-13-7-5-6-12(10-13)15(20)19-8-3-1-2-4-9-19/h5-7,10H,1-4,8-9,11H2,(H2,17,18). The summed E-state index contributed by atoms with van der Waals surface area (Å²) in [5.74, 6) is 0.615. The van der Waals surface area contributed by atoms with Gasteiger partial charge in [-0.05, 0) is 31.0 Å². The van der Waals surface area contributed by atoms with Crippen LogP contribution in [-0.4, -0.2) is 35.6 Å². The van der Waals surface area contributed by atoms with Gasteiger partial charge in [-0.15, -0.1) is 11.6 Å². The highest BCUT2D eigenvalue weighted by molar-refractivity contribution is 6.28. The topological polar surface area (TPSA) is 58.7 Å². The number of nitrogens with two attached hydrogens (primary N) is 1. The molecule has 0 spiro atoms. The number of nitrogens with zero attached hydrogens (tertiary/aromatic N) is 2. The maximum atomic E-state index is 12.5. The summed E-state index contributed by atoms with van der Waals surface area (Å²) >= 11 is 5.61. The zero-order valence-corrected chi connectivity index (χ0v) is 12.3. The predicted octanol–water partition coefficient (Wildman–Crippen LogP) is 2.93. The largest absolute Gasteiger partial charge is 0.386 e. The lowest BCUT2D eigenvalue weighted by Gasteiger charge is -2.20. The van der Waals surface area contributed by atoms with Gasteiger partial charge in [-0.2, -0.15) is 0 Å². The van der Waals surface area contributed by atoms with Crippen molar-refractivity contribution in [2.75, 3.05) is 19.0 Å². The Hall–Kier alpha value is -1.55. The number of alkyl halides is 1. The lowest BCUT2D eigenvalue weighted by molar-refractivity contribution is 0.0761. The van der Waals surface area contributed by atoms with Crippen molar-refractivity contribution in [2.24, 2.45) is 10.7 Å². The molecule has 0 aromatic heterocycles. The second-order valence-corrected chi connectivity index (χ2v) is 5.26. The van der Waals surface area contributed by atoms with Crippen molar-refractivity contribution in [3.05, 3.63) is 29.8 Å². The van der Waals surface area contributed by atoms with Gasteiger partial charge < -0.3 is 10.6 Å². The molecule has 1 aliphatic heterocycles. The van der Waals surface area contributed by atoms with E-state index in [1.54, 1.807) is 6.07 Å². The summed E-state index contributed by atoms with van der Waals surface area (Å²) in [4.78, 5) is 18.6. The summed E-state index contributed by atoms with van der Waals surface area (Å²) in [5, 5.41) is 0. The minimum atomic E-state index is 0.0772. The highest BCUT2D eigenvalue weighted by Gasteiger charge is 2.17. The van der Waals surface area contributed by atoms with Crippen LogP contribution in [-0.2, 0) is 0 Å². The van der Waals surface area contributed by atoms with Gasteiger partial charge in [0.05, 0.1) is 11.6 Å². The van der Waals surface area contributed by atoms with Gasteiger partial charge in [0.2, 0.25) is 0 Å². The van der Waals surface area contributed by atoms with Crippen LogP contribution in [0.25, 0.3) is 0 Å². The van der Waals surface area contributed by atoms with Crippen LogP contribution in [0.15, 0.2) is 29.3 Å². The first-order chi connectivity index (χ1) is 9.70. The van der Waals surface area contributed by atoms with Gasteiger partial charge in [-0.25, -0.2) is 4.99 Å². The number of halogens is 1. The molecule has 1 fully saturated rings. The van der Waals surface area contributed by atoms with Crippen LogP contribution in [0.4, 0.5) is 5.69 Å². The molecule has 0 saturated carbocycles. The van der Waals surface area contributed by atoms with Crippen LogP contribution < -0.4 is 5.73 Å². The molecule has 0 aliphatic carbocycles. The van der Waals surface area contributed by atoms with E-state index < -0.39 is 0 Å². The average molecular weight is 294 g/mol. The summed E-state index contributed by atoms with van der Waals surface area (Å²) in [5.41, 5.74) is 6.95. The van der Waals surface area contributed by atoms with Crippen LogP contribution in [0.1, 0.15) is 36.0 Å². The molecule has 1 aliphatic rings. The Kier molecular flexibility index (Phi) is 5.41. The van der Waals surface area contributed by atoms with Crippen molar-refractivity contribution in [1.29, 1.82) is 0 Å². The summed E-state index contributed by atoms with van der Waals surface area (Å²) < 4.78 is 0. The Morgan fingerprint density at radius 2 is 1.95 bits per heavy atom. The number of aliphatic imine (C=N–C) groups is 1. The molecular formula is C15H20ClN3O. The zero-order chi connectivity index (χ0) is 14.4. The Balaban J connectivity index is 2.15. The first-order valence-corrected chi connectivity index (χ1v) is 7.52. The monoisotopic (exact) mass is 293 g/mol. The van der Waals surface area contributed by atoms with E-state index in [2.05, 4.69) is 4.99 Å². The normalized spacial score (nSPS) is 16.9. The Bertz CT molecular complexity index is 494. The molecule has 108 valence electrons. The fourth-order valence-corrected chi connectivity index (χ4v) is 2.42. The number of hydrogen-bond acceptors (Lipinski definition) is 2. The number of likely N-dealkylation sites (tertiary alicyclic amines) is 1. The first kappa shape index (κ1) is 14.9. The van der Waals surface area contributed by atoms with Gasteiger partial charge >= 0.3 is 0 Å². The molecule has 0 atom stereocenters. The van der Waals surface area contributed by atoms with Gasteiger partial charge in [0, 0.05) is 18.7 Å². The summed E-state index contributed by atoms with van der Waals surface area (Å²) in [7, 11) is 0. The lowest BCUT2D eigenvalue weighted by atomic mass is 10.1. The second-order valence-electron chi connectivity index (χ2n) is 4.99. The number of carbonyl (C=O) groups is 1. The van der Waals surface area contributed by atoms with E-state index >= 15 is 0 Å². The van der Waals surface area contributed by atoms with E-state index in [0.29, 0.717) is 17.1 Å². The van der Waals surface area contributed by atoms with Crippen LogP contribution in [0.5, 0.6) is 0 Å². The molecule has 2 N–H and O–H groups in total. The van der Waals surface area contributed by atoms with Crippen molar-refractivity contribution in [3.63, 3.8) is 0 Å². The molecule has 1 saturated heterocycles. The van der Waals surface area contributed by atoms with Crippen molar-refractivity contribution >= 4 is 29.0 Å². The van der Waals surface area contributed by atoms with E-state index in [4.69, 9.17) is 17.3 Å². The Morgan fingerprint density at radius 1 is 1.25 bits per heavy atom. The third-order valence-corrected chi connectivity index (χ3v) is 3.67. The molecule has 0 radical (unpaired) electrons. The van der Waals surface area contributed by atoms with E-state index in [0.717, 1.165) is 25.9 Å². The smallest absolute Gasteiger partial charge is 0.253 e. The van der Waals surface area contributed by atoms with Crippen molar-refractivity contribution in [2.45, 2.75) is 25.7 Å². The van der Waals surface area contributed by atoms with Crippen LogP contribution >= 0.6 is 11.6 Å². The summed E-state index contributed by atoms with van der Waals surface area (Å²) in [6.45, 7) is 1.69. The summed E-state index contributed by atoms with van der Waals surface area (Å²) in [6, 6.07) is 7.24. The number of carbonyl (C=O) groups excluding carboxylic acids is 1. The van der Waals surface area contributed by atoms with E-state index in [1.807, 2.05) is 23.1 Å². The minimum absolute atomic E-state index is 0.0772. The number of amidine groups is 1. The highest BCUT2D eigenvalue weighted by Crippen LogP contribution is 2.18. The predicted molar refractivity (Wildman–Crippen MR) is 82.8 cm³/mol. The van der Waals surface area contributed by atoms with Gasteiger partial charge in [0.1, 0.15) is 5.84 Å². The summed E-state index contributed by atoms with van der Waals surface area (Å²) in [6.07, 6.45) is 4.59. The molecule has 5 heteroatoms. The van der Waals surface area contributed by atoms with Gasteiger partial charge in [-0.3, -0.25) is 4.79 Å². The molecule has 1 amide bonds. The quantitative estimate of drug-likeness (QED) is 0.529. The molecule has 1 heterocycles. The highest BCUT2D eigenvalue weighted by atomic mass is 35.5. The third-order valence-electron chi connectivity index (χ3n) is 3.40. The molecule has 0 unspecified atom stereocenters. The van der Waals surface area contributed by atoms with Crippen molar-refractivity contribution in [3.8, 4) is 0 Å². The van der Waals surface area contributed by atoms with Crippen molar-refractivity contribution in [1.82, 2.24) is 4.90 Å². The molecule has 1 aromatic rings. The molecule has 1 aromatic carbocycles. The van der Waals surface area contributed by atoms with Gasteiger partial charge in [-0.1, -0.05) is 18.9 Å². The van der Waals surface area contributed by atoms with Crippen molar-refractivity contribution < 1.29 is 4.79 Å².